The average molecular weight is 359 g/mol. The fraction of sp³-hybridized carbons (Fsp3) is 0.389. The Bertz CT molecular complexity index is 745. The second-order valence-corrected chi connectivity index (χ2v) is 6.88. The summed E-state index contributed by atoms with van der Waals surface area (Å²) < 4.78 is 5.04. The molecule has 0 atom stereocenters. The second-order valence-electron chi connectivity index (χ2n) is 5.79. The molecule has 1 aliphatic heterocycles. The van der Waals surface area contributed by atoms with E-state index in [0.717, 1.165) is 16.1 Å². The molecule has 1 aromatic heterocycles. The van der Waals surface area contributed by atoms with Crippen molar-refractivity contribution in [3.63, 3.8) is 0 Å². The highest BCUT2D eigenvalue weighted by Gasteiger charge is 2.25. The van der Waals surface area contributed by atoms with E-state index in [1.54, 1.807) is 11.8 Å². The van der Waals surface area contributed by atoms with E-state index in [1.807, 2.05) is 30.3 Å². The van der Waals surface area contributed by atoms with Crippen LogP contribution in [-0.2, 0) is 28.9 Å². The zero-order valence-electron chi connectivity index (χ0n) is 14.2. The molecule has 0 spiro atoms. The predicted molar refractivity (Wildman–Crippen MR) is 96.6 cm³/mol. The number of thiazole rings is 1. The normalized spacial score (nSPS) is 13.2. The van der Waals surface area contributed by atoms with Gasteiger partial charge >= 0.3 is 6.09 Å². The first-order chi connectivity index (χ1) is 12.2. The van der Waals surface area contributed by atoms with Crippen LogP contribution in [0.5, 0.6) is 0 Å². The molecule has 0 radical (unpaired) electrons. The van der Waals surface area contributed by atoms with E-state index in [2.05, 4.69) is 10.3 Å². The number of aromatic nitrogens is 1. The fourth-order valence-electron chi connectivity index (χ4n) is 2.70. The Morgan fingerprint density at radius 3 is 2.88 bits per heavy atom. The summed E-state index contributed by atoms with van der Waals surface area (Å²) in [4.78, 5) is 31.1. The summed E-state index contributed by atoms with van der Waals surface area (Å²) in [5.74, 6) is -0.0443. The van der Waals surface area contributed by atoms with E-state index in [4.69, 9.17) is 4.74 Å². The van der Waals surface area contributed by atoms with Crippen LogP contribution in [0.3, 0.4) is 0 Å². The molecule has 7 heteroatoms. The highest BCUT2D eigenvalue weighted by molar-refractivity contribution is 7.15. The second kappa shape index (κ2) is 8.11. The van der Waals surface area contributed by atoms with Gasteiger partial charge in [0.2, 0.25) is 5.91 Å². The standard InChI is InChI=1S/C18H21N3O3S/c1-2-24-18(23)21-11-10-14-15(12-21)25-17(19-14)20-16(22)9-8-13-6-4-3-5-7-13/h3-7H,2,8-12H2,1H3,(H,19,20,22). The van der Waals surface area contributed by atoms with Gasteiger partial charge in [0.15, 0.2) is 5.13 Å². The van der Waals surface area contributed by atoms with Crippen molar-refractivity contribution in [1.82, 2.24) is 9.88 Å². The van der Waals surface area contributed by atoms with Crippen molar-refractivity contribution in [2.24, 2.45) is 0 Å². The minimum absolute atomic E-state index is 0.0443. The number of amides is 2. The number of ether oxygens (including phenoxy) is 1. The maximum Gasteiger partial charge on any atom is 0.410 e. The van der Waals surface area contributed by atoms with Gasteiger partial charge in [0.25, 0.3) is 0 Å². The molecule has 0 saturated heterocycles. The first-order valence-electron chi connectivity index (χ1n) is 8.39. The highest BCUT2D eigenvalue weighted by atomic mass is 32.1. The average Bonchev–Trinajstić information content (AvgIpc) is 3.02. The molecular weight excluding hydrogens is 338 g/mol. The third-order valence-corrected chi connectivity index (χ3v) is 4.98. The van der Waals surface area contributed by atoms with Gasteiger partial charge in [-0.05, 0) is 18.9 Å². The number of hydrogen-bond acceptors (Lipinski definition) is 5. The van der Waals surface area contributed by atoms with E-state index in [-0.39, 0.29) is 12.0 Å². The minimum Gasteiger partial charge on any atom is -0.450 e. The number of benzene rings is 1. The van der Waals surface area contributed by atoms with E-state index < -0.39 is 0 Å². The van der Waals surface area contributed by atoms with E-state index in [0.29, 0.717) is 44.1 Å². The maximum absolute atomic E-state index is 12.1. The van der Waals surface area contributed by atoms with Crippen LogP contribution in [0.4, 0.5) is 9.93 Å². The number of anilines is 1. The molecule has 3 rings (SSSR count). The Morgan fingerprint density at radius 1 is 1.32 bits per heavy atom. The first-order valence-corrected chi connectivity index (χ1v) is 9.21. The lowest BCUT2D eigenvalue weighted by Gasteiger charge is -2.24. The van der Waals surface area contributed by atoms with Crippen molar-refractivity contribution in [3.05, 3.63) is 46.5 Å². The number of aryl methyl sites for hydroxylation is 1. The lowest BCUT2D eigenvalue weighted by atomic mass is 10.1. The summed E-state index contributed by atoms with van der Waals surface area (Å²) in [6.45, 7) is 3.25. The van der Waals surface area contributed by atoms with Crippen molar-refractivity contribution in [2.75, 3.05) is 18.5 Å². The Hall–Kier alpha value is -2.41. The van der Waals surface area contributed by atoms with Crippen molar-refractivity contribution in [2.45, 2.75) is 32.7 Å². The van der Waals surface area contributed by atoms with Gasteiger partial charge in [-0.3, -0.25) is 4.79 Å². The number of rotatable bonds is 5. The molecule has 132 valence electrons. The number of nitrogens with one attached hydrogen (secondary N) is 1. The number of carbonyl (C=O) groups excluding carboxylic acids is 2. The van der Waals surface area contributed by atoms with Crippen LogP contribution in [0.2, 0.25) is 0 Å². The van der Waals surface area contributed by atoms with Gasteiger partial charge in [-0.1, -0.05) is 41.7 Å². The summed E-state index contributed by atoms with van der Waals surface area (Å²) in [5.41, 5.74) is 2.10. The molecular formula is C18H21N3O3S. The Labute approximate surface area is 150 Å². The van der Waals surface area contributed by atoms with Crippen molar-refractivity contribution in [3.8, 4) is 0 Å². The third-order valence-electron chi connectivity index (χ3n) is 3.99. The minimum atomic E-state index is -0.296. The Morgan fingerprint density at radius 2 is 2.12 bits per heavy atom. The quantitative estimate of drug-likeness (QED) is 0.890. The first kappa shape index (κ1) is 17.4. The molecule has 2 aromatic rings. The van der Waals surface area contributed by atoms with Crippen molar-refractivity contribution in [1.29, 1.82) is 0 Å². The van der Waals surface area contributed by atoms with Gasteiger partial charge in [-0.25, -0.2) is 9.78 Å². The van der Waals surface area contributed by atoms with Crippen molar-refractivity contribution >= 4 is 28.5 Å². The van der Waals surface area contributed by atoms with Crippen LogP contribution < -0.4 is 5.32 Å². The largest absolute Gasteiger partial charge is 0.450 e. The van der Waals surface area contributed by atoms with Gasteiger partial charge in [0.1, 0.15) is 0 Å². The van der Waals surface area contributed by atoms with E-state index in [1.165, 1.54) is 11.3 Å². The van der Waals surface area contributed by atoms with Crippen LogP contribution in [0.25, 0.3) is 0 Å². The molecule has 0 fully saturated rings. The highest BCUT2D eigenvalue weighted by Crippen LogP contribution is 2.28. The van der Waals surface area contributed by atoms with E-state index in [9.17, 15) is 9.59 Å². The van der Waals surface area contributed by atoms with Gasteiger partial charge < -0.3 is 15.0 Å². The van der Waals surface area contributed by atoms with Crippen LogP contribution in [-0.4, -0.2) is 35.0 Å². The van der Waals surface area contributed by atoms with Gasteiger partial charge in [0.05, 0.1) is 18.8 Å². The van der Waals surface area contributed by atoms with Gasteiger partial charge in [0, 0.05) is 24.3 Å². The van der Waals surface area contributed by atoms with E-state index >= 15 is 0 Å². The topological polar surface area (TPSA) is 71.5 Å². The lowest BCUT2D eigenvalue weighted by Crippen LogP contribution is -2.35. The molecule has 0 aliphatic carbocycles. The molecule has 2 amide bonds. The smallest absolute Gasteiger partial charge is 0.410 e. The van der Waals surface area contributed by atoms with Crippen LogP contribution in [0.15, 0.2) is 30.3 Å². The molecule has 0 saturated carbocycles. The van der Waals surface area contributed by atoms with Crippen LogP contribution >= 0.6 is 11.3 Å². The summed E-state index contributed by atoms with van der Waals surface area (Å²) in [5, 5.41) is 3.48. The summed E-state index contributed by atoms with van der Waals surface area (Å²) in [6, 6.07) is 9.93. The molecule has 0 bridgehead atoms. The van der Waals surface area contributed by atoms with Gasteiger partial charge in [-0.15, -0.1) is 0 Å². The SMILES string of the molecule is CCOC(=O)N1CCc2nc(NC(=O)CCc3ccccc3)sc2C1. The number of fused-ring (bicyclic) bond motifs is 1. The lowest BCUT2D eigenvalue weighted by molar-refractivity contribution is -0.116. The monoisotopic (exact) mass is 359 g/mol. The molecule has 1 aromatic carbocycles. The Balaban J connectivity index is 1.55. The fourth-order valence-corrected chi connectivity index (χ4v) is 3.74. The van der Waals surface area contributed by atoms with Crippen LogP contribution in [0.1, 0.15) is 29.5 Å². The maximum atomic E-state index is 12.1. The number of hydrogen-bond donors (Lipinski definition) is 1. The Kier molecular flexibility index (Phi) is 5.65. The molecule has 6 nitrogen and oxygen atoms in total. The third kappa shape index (κ3) is 4.57. The number of nitrogens with zero attached hydrogens (tertiary/aromatic N) is 2. The summed E-state index contributed by atoms with van der Waals surface area (Å²) >= 11 is 1.43. The summed E-state index contributed by atoms with van der Waals surface area (Å²) in [7, 11) is 0. The molecule has 1 aliphatic rings. The van der Waals surface area contributed by atoms with Crippen LogP contribution in [0, 0.1) is 0 Å². The molecule has 0 unspecified atom stereocenters. The summed E-state index contributed by atoms with van der Waals surface area (Å²) in [6.07, 6.45) is 1.51. The molecule has 25 heavy (non-hydrogen) atoms. The number of carbonyl (C=O) groups is 2. The molecule has 1 N–H and O–H groups in total. The zero-order valence-corrected chi connectivity index (χ0v) is 15.0. The molecule has 2 heterocycles. The van der Waals surface area contributed by atoms with Crippen molar-refractivity contribution < 1.29 is 14.3 Å². The predicted octanol–water partition coefficient (Wildman–Crippen LogP) is 3.23. The zero-order chi connectivity index (χ0) is 17.6. The van der Waals surface area contributed by atoms with Gasteiger partial charge in [-0.2, -0.15) is 0 Å².